The molecule has 1 N–H and O–H groups in total. The summed E-state index contributed by atoms with van der Waals surface area (Å²) in [5.74, 6) is -0.561. The molecule has 2 aromatic rings. The number of ether oxygens (including phenoxy) is 1. The number of nitrogens with one attached hydrogen (secondary N) is 1. The Labute approximate surface area is 121 Å². The van der Waals surface area contributed by atoms with Crippen LogP contribution < -0.4 is 10.1 Å². The van der Waals surface area contributed by atoms with Crippen molar-refractivity contribution in [2.45, 2.75) is 19.2 Å². The molecule has 0 spiro atoms. The number of hydrogen-bond donors (Lipinski definition) is 1. The van der Waals surface area contributed by atoms with E-state index in [0.717, 1.165) is 23.5 Å². The first-order valence-electron chi connectivity index (χ1n) is 5.77. The van der Waals surface area contributed by atoms with E-state index in [1.807, 2.05) is 0 Å². The van der Waals surface area contributed by atoms with Crippen LogP contribution in [0.25, 0.3) is 0 Å². The van der Waals surface area contributed by atoms with E-state index in [1.54, 1.807) is 0 Å². The molecule has 0 bridgehead atoms. The fourth-order valence-electron chi connectivity index (χ4n) is 1.44. The lowest BCUT2D eigenvalue weighted by molar-refractivity contribution is -0.137. The highest BCUT2D eigenvalue weighted by atomic mass is 32.1. The zero-order chi connectivity index (χ0) is 15.5. The zero-order valence-corrected chi connectivity index (χ0v) is 11.5. The average Bonchev–Trinajstić information content (AvgIpc) is 2.91. The maximum absolute atomic E-state index is 12.6. The van der Waals surface area contributed by atoms with Gasteiger partial charge >= 0.3 is 6.18 Å². The van der Waals surface area contributed by atoms with Crippen molar-refractivity contribution in [2.24, 2.45) is 0 Å². The Morgan fingerprint density at radius 1 is 1.43 bits per heavy atom. The second-order valence-electron chi connectivity index (χ2n) is 4.02. The Morgan fingerprint density at radius 3 is 2.81 bits per heavy atom. The largest absolute Gasteiger partial charge is 0.481 e. The Morgan fingerprint density at radius 2 is 2.19 bits per heavy atom. The maximum atomic E-state index is 12.6. The van der Waals surface area contributed by atoms with Crippen molar-refractivity contribution in [1.82, 2.24) is 10.2 Å². The van der Waals surface area contributed by atoms with Crippen molar-refractivity contribution in [1.29, 1.82) is 0 Å². The summed E-state index contributed by atoms with van der Waals surface area (Å²) in [5, 5.41) is 9.91. The summed E-state index contributed by atoms with van der Waals surface area (Å²) in [6.07, 6.45) is -5.44. The molecule has 1 aromatic heterocycles. The maximum Gasteiger partial charge on any atom is 0.416 e. The number of benzene rings is 1. The van der Waals surface area contributed by atoms with Crippen LogP contribution in [-0.2, 0) is 11.0 Å². The Balaban J connectivity index is 2.02. The summed E-state index contributed by atoms with van der Waals surface area (Å²) in [5.41, 5.74) is 0.602. The molecule has 1 amide bonds. The lowest BCUT2D eigenvalue weighted by Crippen LogP contribution is -2.30. The molecule has 112 valence electrons. The second kappa shape index (κ2) is 6.08. The summed E-state index contributed by atoms with van der Waals surface area (Å²) in [6.45, 7) is 1.43. The van der Waals surface area contributed by atoms with Gasteiger partial charge in [0.25, 0.3) is 5.91 Å². The van der Waals surface area contributed by atoms with E-state index < -0.39 is 23.8 Å². The second-order valence-corrected chi connectivity index (χ2v) is 4.85. The minimum absolute atomic E-state index is 0.0373. The van der Waals surface area contributed by atoms with Crippen molar-refractivity contribution in [3.8, 4) is 5.75 Å². The lowest BCUT2D eigenvalue weighted by Gasteiger charge is -2.15. The van der Waals surface area contributed by atoms with Gasteiger partial charge in [0.1, 0.15) is 11.3 Å². The Hall–Kier alpha value is -2.16. The van der Waals surface area contributed by atoms with Crippen molar-refractivity contribution in [3.05, 3.63) is 35.3 Å². The molecule has 1 aromatic carbocycles. The van der Waals surface area contributed by atoms with E-state index in [9.17, 15) is 18.0 Å². The molecule has 1 atom stereocenters. The SMILES string of the molecule is C[C@@H](Oc1cccc(C(F)(F)F)c1)C(=O)Nc1nncs1. The number of alkyl halides is 3. The molecule has 1 heterocycles. The minimum Gasteiger partial charge on any atom is -0.481 e. The van der Waals surface area contributed by atoms with Crippen LogP contribution in [0, 0.1) is 0 Å². The Kier molecular flexibility index (Phi) is 4.41. The van der Waals surface area contributed by atoms with Gasteiger partial charge in [-0.05, 0) is 25.1 Å². The normalized spacial score (nSPS) is 12.8. The molecular formula is C12H10F3N3O2S. The fourth-order valence-corrected chi connectivity index (χ4v) is 1.89. The van der Waals surface area contributed by atoms with Crippen LogP contribution in [0.15, 0.2) is 29.8 Å². The van der Waals surface area contributed by atoms with Crippen LogP contribution >= 0.6 is 11.3 Å². The van der Waals surface area contributed by atoms with Gasteiger partial charge in [0.15, 0.2) is 6.10 Å². The number of amides is 1. The standard InChI is InChI=1S/C12H10F3N3O2S/c1-7(10(19)17-11-18-16-6-21-11)20-9-4-2-3-8(5-9)12(13,14)15/h2-7H,1H3,(H,17,18,19)/t7-/m1/s1. The van der Waals surface area contributed by atoms with Gasteiger partial charge in [0, 0.05) is 0 Å². The smallest absolute Gasteiger partial charge is 0.416 e. The monoisotopic (exact) mass is 317 g/mol. The van der Waals surface area contributed by atoms with E-state index in [1.165, 1.54) is 24.6 Å². The van der Waals surface area contributed by atoms with Crippen molar-refractivity contribution < 1.29 is 22.7 Å². The molecule has 21 heavy (non-hydrogen) atoms. The third kappa shape index (κ3) is 4.15. The number of carbonyl (C=O) groups excluding carboxylic acids is 1. The number of rotatable bonds is 4. The van der Waals surface area contributed by atoms with Crippen LogP contribution in [0.3, 0.4) is 0 Å². The van der Waals surface area contributed by atoms with Crippen molar-refractivity contribution >= 4 is 22.4 Å². The van der Waals surface area contributed by atoms with E-state index in [0.29, 0.717) is 5.13 Å². The molecule has 5 nitrogen and oxygen atoms in total. The lowest BCUT2D eigenvalue weighted by atomic mass is 10.2. The number of halogens is 3. The van der Waals surface area contributed by atoms with Gasteiger partial charge in [-0.15, -0.1) is 10.2 Å². The van der Waals surface area contributed by atoms with Gasteiger partial charge in [0.05, 0.1) is 5.56 Å². The van der Waals surface area contributed by atoms with E-state index in [4.69, 9.17) is 4.74 Å². The van der Waals surface area contributed by atoms with Gasteiger partial charge < -0.3 is 4.74 Å². The first-order chi connectivity index (χ1) is 9.86. The van der Waals surface area contributed by atoms with E-state index in [2.05, 4.69) is 15.5 Å². The third-order valence-corrected chi connectivity index (χ3v) is 3.04. The molecule has 9 heteroatoms. The van der Waals surface area contributed by atoms with Gasteiger partial charge in [-0.3, -0.25) is 10.1 Å². The van der Waals surface area contributed by atoms with Crippen LogP contribution in [0.2, 0.25) is 0 Å². The molecule has 0 saturated heterocycles. The highest BCUT2D eigenvalue weighted by Gasteiger charge is 2.30. The number of aromatic nitrogens is 2. The summed E-state index contributed by atoms with van der Waals surface area (Å²) in [4.78, 5) is 11.8. The molecular weight excluding hydrogens is 307 g/mol. The Bertz CT molecular complexity index is 616. The zero-order valence-electron chi connectivity index (χ0n) is 10.7. The first-order valence-corrected chi connectivity index (χ1v) is 6.65. The number of anilines is 1. The van der Waals surface area contributed by atoms with Crippen LogP contribution in [0.5, 0.6) is 5.75 Å². The summed E-state index contributed by atoms with van der Waals surface area (Å²) >= 11 is 1.12. The predicted molar refractivity (Wildman–Crippen MR) is 70.1 cm³/mol. The van der Waals surface area contributed by atoms with Crippen LogP contribution in [-0.4, -0.2) is 22.2 Å². The quantitative estimate of drug-likeness (QED) is 0.941. The molecule has 2 rings (SSSR count). The molecule has 0 aliphatic rings. The molecule has 0 fully saturated rings. The van der Waals surface area contributed by atoms with Gasteiger partial charge in [-0.1, -0.05) is 17.4 Å². The van der Waals surface area contributed by atoms with Crippen LogP contribution in [0.1, 0.15) is 12.5 Å². The highest BCUT2D eigenvalue weighted by Crippen LogP contribution is 2.31. The molecule has 0 aliphatic heterocycles. The summed E-state index contributed by atoms with van der Waals surface area (Å²) in [7, 11) is 0. The summed E-state index contributed by atoms with van der Waals surface area (Å²) < 4.78 is 42.9. The highest BCUT2D eigenvalue weighted by molar-refractivity contribution is 7.13. The molecule has 0 aliphatic carbocycles. The van der Waals surface area contributed by atoms with Crippen molar-refractivity contribution in [3.63, 3.8) is 0 Å². The molecule has 0 saturated carbocycles. The van der Waals surface area contributed by atoms with Gasteiger partial charge in [-0.25, -0.2) is 0 Å². The molecule has 0 radical (unpaired) electrons. The third-order valence-electron chi connectivity index (χ3n) is 2.43. The predicted octanol–water partition coefficient (Wildman–Crippen LogP) is 2.96. The summed E-state index contributed by atoms with van der Waals surface area (Å²) in [6, 6.07) is 4.34. The van der Waals surface area contributed by atoms with E-state index in [-0.39, 0.29) is 5.75 Å². The van der Waals surface area contributed by atoms with Crippen molar-refractivity contribution in [2.75, 3.05) is 5.32 Å². The number of nitrogens with zero attached hydrogens (tertiary/aromatic N) is 2. The fraction of sp³-hybridized carbons (Fsp3) is 0.250. The minimum atomic E-state index is -4.46. The number of hydrogen-bond acceptors (Lipinski definition) is 5. The van der Waals surface area contributed by atoms with Gasteiger partial charge in [0.2, 0.25) is 5.13 Å². The average molecular weight is 317 g/mol. The molecule has 0 unspecified atom stereocenters. The van der Waals surface area contributed by atoms with Crippen LogP contribution in [0.4, 0.5) is 18.3 Å². The first kappa shape index (κ1) is 15.2. The topological polar surface area (TPSA) is 64.1 Å². The van der Waals surface area contributed by atoms with Gasteiger partial charge in [-0.2, -0.15) is 13.2 Å². The number of carbonyl (C=O) groups is 1. The van der Waals surface area contributed by atoms with E-state index >= 15 is 0 Å².